The van der Waals surface area contributed by atoms with Crippen LogP contribution < -0.4 is 0 Å². The molecular weight excluding hydrogens is 345 g/mol. The van der Waals surface area contributed by atoms with Gasteiger partial charge in [-0.25, -0.2) is 4.39 Å². The molecule has 0 bridgehead atoms. The van der Waals surface area contributed by atoms with Gasteiger partial charge in [-0.05, 0) is 30.5 Å². The van der Waals surface area contributed by atoms with Crippen LogP contribution in [0.15, 0.2) is 34.1 Å². The van der Waals surface area contributed by atoms with Gasteiger partial charge < -0.3 is 4.90 Å². The van der Waals surface area contributed by atoms with Crippen molar-refractivity contribution >= 4 is 29.0 Å². The van der Waals surface area contributed by atoms with E-state index in [0.717, 1.165) is 22.7 Å². The van der Waals surface area contributed by atoms with Gasteiger partial charge in [-0.2, -0.15) is 0 Å². The second kappa shape index (κ2) is 8.58. The summed E-state index contributed by atoms with van der Waals surface area (Å²) in [4.78, 5) is 14.8. The third-order valence-corrected chi connectivity index (χ3v) is 6.11. The van der Waals surface area contributed by atoms with Gasteiger partial charge in [0.1, 0.15) is 11.3 Å². The van der Waals surface area contributed by atoms with E-state index in [1.54, 1.807) is 17.6 Å². The number of hydrogen-bond acceptors (Lipinski definition) is 5. The highest BCUT2D eigenvalue weighted by atomic mass is 32.2. The van der Waals surface area contributed by atoms with Crippen molar-refractivity contribution in [3.63, 3.8) is 0 Å². The number of rotatable bonds is 6. The molecule has 4 nitrogen and oxygen atoms in total. The van der Waals surface area contributed by atoms with Gasteiger partial charge in [-0.15, -0.1) is 10.2 Å². The Morgan fingerprint density at radius 1 is 1.25 bits per heavy atom. The minimum Gasteiger partial charge on any atom is -0.335 e. The van der Waals surface area contributed by atoms with Crippen LogP contribution in [0.2, 0.25) is 0 Å². The molecule has 0 radical (unpaired) electrons. The Labute approximate surface area is 149 Å². The van der Waals surface area contributed by atoms with Gasteiger partial charge in [0, 0.05) is 12.6 Å². The standard InChI is InChI=1S/C17H20FN3OS2/c18-14-8-6-13(7-9-14)10-21(15-4-2-1-3-5-15)16(22)11-23-17-20-19-12-24-17/h6-9,12,15H,1-5,10-11H2. The number of nitrogens with zero attached hydrogens (tertiary/aromatic N) is 3. The molecule has 7 heteroatoms. The fraction of sp³-hybridized carbons (Fsp3) is 0.471. The lowest BCUT2D eigenvalue weighted by Gasteiger charge is -2.34. The molecule has 1 saturated carbocycles. The Morgan fingerprint density at radius 3 is 2.67 bits per heavy atom. The summed E-state index contributed by atoms with van der Waals surface area (Å²) in [5.74, 6) is 0.236. The van der Waals surface area contributed by atoms with Crippen LogP contribution in [0, 0.1) is 5.82 Å². The maximum absolute atomic E-state index is 13.1. The molecule has 1 fully saturated rings. The van der Waals surface area contributed by atoms with Gasteiger partial charge in [0.2, 0.25) is 5.91 Å². The van der Waals surface area contributed by atoms with E-state index in [9.17, 15) is 9.18 Å². The zero-order valence-corrected chi connectivity index (χ0v) is 15.0. The van der Waals surface area contributed by atoms with Crippen molar-refractivity contribution in [2.45, 2.75) is 49.0 Å². The number of hydrogen-bond donors (Lipinski definition) is 0. The number of aromatic nitrogens is 2. The first-order valence-electron chi connectivity index (χ1n) is 8.15. The van der Waals surface area contributed by atoms with Gasteiger partial charge >= 0.3 is 0 Å². The van der Waals surface area contributed by atoms with Crippen LogP contribution in [0.5, 0.6) is 0 Å². The number of halogens is 1. The van der Waals surface area contributed by atoms with Crippen molar-refractivity contribution in [1.82, 2.24) is 15.1 Å². The molecule has 0 aliphatic heterocycles. The SMILES string of the molecule is O=C(CSc1nncs1)N(Cc1ccc(F)cc1)C1CCCCC1. The largest absolute Gasteiger partial charge is 0.335 e. The summed E-state index contributed by atoms with van der Waals surface area (Å²) >= 11 is 2.88. The maximum atomic E-state index is 13.1. The van der Waals surface area contributed by atoms with Gasteiger partial charge in [-0.1, -0.05) is 54.5 Å². The molecule has 1 aromatic heterocycles. The third-order valence-electron chi connectivity index (χ3n) is 4.26. The normalized spacial score (nSPS) is 15.4. The highest BCUT2D eigenvalue weighted by Crippen LogP contribution is 2.26. The minimum atomic E-state index is -0.249. The summed E-state index contributed by atoms with van der Waals surface area (Å²) in [5.41, 5.74) is 2.64. The summed E-state index contributed by atoms with van der Waals surface area (Å²) in [7, 11) is 0. The quantitative estimate of drug-likeness (QED) is 0.722. The van der Waals surface area contributed by atoms with E-state index in [1.807, 2.05) is 4.90 Å². The van der Waals surface area contributed by atoms with E-state index in [2.05, 4.69) is 10.2 Å². The molecule has 0 unspecified atom stereocenters. The van der Waals surface area contributed by atoms with Crippen LogP contribution in [-0.4, -0.2) is 32.8 Å². The zero-order valence-electron chi connectivity index (χ0n) is 13.4. The number of carbonyl (C=O) groups is 1. The predicted molar refractivity (Wildman–Crippen MR) is 94.5 cm³/mol. The molecule has 1 heterocycles. The third kappa shape index (κ3) is 4.77. The maximum Gasteiger partial charge on any atom is 0.233 e. The van der Waals surface area contributed by atoms with Crippen LogP contribution in [0.3, 0.4) is 0 Å². The molecule has 1 aliphatic carbocycles. The van der Waals surface area contributed by atoms with Crippen LogP contribution in [0.25, 0.3) is 0 Å². The smallest absolute Gasteiger partial charge is 0.233 e. The monoisotopic (exact) mass is 365 g/mol. The second-order valence-electron chi connectivity index (χ2n) is 5.93. The van der Waals surface area contributed by atoms with Gasteiger partial charge in [0.05, 0.1) is 5.75 Å². The van der Waals surface area contributed by atoms with E-state index >= 15 is 0 Å². The lowest BCUT2D eigenvalue weighted by molar-refractivity contribution is -0.132. The fourth-order valence-electron chi connectivity index (χ4n) is 3.03. The minimum absolute atomic E-state index is 0.117. The number of thioether (sulfide) groups is 1. The molecule has 1 amide bonds. The van der Waals surface area contributed by atoms with Gasteiger partial charge in [0.25, 0.3) is 0 Å². The molecule has 3 rings (SSSR count). The Hall–Kier alpha value is -1.47. The molecule has 0 saturated heterocycles. The first-order chi connectivity index (χ1) is 11.7. The van der Waals surface area contributed by atoms with Crippen LogP contribution >= 0.6 is 23.1 Å². The molecule has 2 aromatic rings. The fourth-order valence-corrected chi connectivity index (χ4v) is 4.41. The average Bonchev–Trinajstić information content (AvgIpc) is 3.13. The number of benzene rings is 1. The lowest BCUT2D eigenvalue weighted by Crippen LogP contribution is -2.41. The van der Waals surface area contributed by atoms with Gasteiger partial charge in [-0.3, -0.25) is 4.79 Å². The van der Waals surface area contributed by atoms with Crippen molar-refractivity contribution in [3.8, 4) is 0 Å². The summed E-state index contributed by atoms with van der Waals surface area (Å²) in [6.07, 6.45) is 5.68. The molecule has 128 valence electrons. The first-order valence-corrected chi connectivity index (χ1v) is 10.0. The number of amides is 1. The first kappa shape index (κ1) is 17.4. The van der Waals surface area contributed by atoms with Crippen molar-refractivity contribution < 1.29 is 9.18 Å². The molecular formula is C17H20FN3OS2. The van der Waals surface area contributed by atoms with Crippen LogP contribution in [0.4, 0.5) is 4.39 Å². The molecule has 0 atom stereocenters. The Kier molecular flexibility index (Phi) is 6.20. The van der Waals surface area contributed by atoms with E-state index in [4.69, 9.17) is 0 Å². The lowest BCUT2D eigenvalue weighted by atomic mass is 9.94. The van der Waals surface area contributed by atoms with E-state index in [1.165, 1.54) is 54.5 Å². The highest BCUT2D eigenvalue weighted by Gasteiger charge is 2.25. The topological polar surface area (TPSA) is 46.1 Å². The molecule has 0 spiro atoms. The summed E-state index contributed by atoms with van der Waals surface area (Å²) in [6, 6.07) is 6.71. The highest BCUT2D eigenvalue weighted by molar-refractivity contribution is 8.01. The van der Waals surface area contributed by atoms with Crippen molar-refractivity contribution in [2.75, 3.05) is 5.75 Å². The second-order valence-corrected chi connectivity index (χ2v) is 7.99. The van der Waals surface area contributed by atoms with Crippen molar-refractivity contribution in [1.29, 1.82) is 0 Å². The van der Waals surface area contributed by atoms with Crippen LogP contribution in [0.1, 0.15) is 37.7 Å². The average molecular weight is 365 g/mol. The Bertz CT molecular complexity index is 642. The molecule has 24 heavy (non-hydrogen) atoms. The molecule has 0 N–H and O–H groups in total. The summed E-state index contributed by atoms with van der Waals surface area (Å²) in [6.45, 7) is 0.542. The summed E-state index contributed by atoms with van der Waals surface area (Å²) in [5, 5.41) is 7.77. The zero-order chi connectivity index (χ0) is 16.8. The summed E-state index contributed by atoms with van der Waals surface area (Å²) < 4.78 is 13.9. The molecule has 1 aromatic carbocycles. The van der Waals surface area contributed by atoms with Crippen LogP contribution in [-0.2, 0) is 11.3 Å². The Morgan fingerprint density at radius 2 is 2.00 bits per heavy atom. The van der Waals surface area contributed by atoms with E-state index in [0.29, 0.717) is 12.3 Å². The van der Waals surface area contributed by atoms with Gasteiger partial charge in [0.15, 0.2) is 4.34 Å². The van der Waals surface area contributed by atoms with E-state index < -0.39 is 0 Å². The van der Waals surface area contributed by atoms with Crippen molar-refractivity contribution in [3.05, 3.63) is 41.2 Å². The molecule has 1 aliphatic rings. The van der Waals surface area contributed by atoms with E-state index in [-0.39, 0.29) is 17.8 Å². The Balaban J connectivity index is 1.68. The number of carbonyl (C=O) groups excluding carboxylic acids is 1. The van der Waals surface area contributed by atoms with Crippen molar-refractivity contribution in [2.24, 2.45) is 0 Å². The predicted octanol–water partition coefficient (Wildman–Crippen LogP) is 4.13.